The van der Waals surface area contributed by atoms with Crippen LogP contribution in [0.5, 0.6) is 0 Å². The van der Waals surface area contributed by atoms with E-state index >= 15 is 0 Å². The Morgan fingerprint density at radius 3 is 2.79 bits per heavy atom. The fourth-order valence-corrected chi connectivity index (χ4v) is 2.64. The van der Waals surface area contributed by atoms with E-state index < -0.39 is 0 Å². The summed E-state index contributed by atoms with van der Waals surface area (Å²) in [7, 11) is 3.55. The van der Waals surface area contributed by atoms with E-state index in [-0.39, 0.29) is 17.8 Å². The van der Waals surface area contributed by atoms with Crippen LogP contribution >= 0.6 is 0 Å². The number of likely N-dealkylation sites (N-methyl/N-ethyl adjacent to an activating group) is 1. The SMILES string of the molecule is Cc1cc(C2CCNC(C(=O)N(C)C)C2)ccc1F. The average Bonchev–Trinajstić information content (AvgIpc) is 2.41. The summed E-state index contributed by atoms with van der Waals surface area (Å²) >= 11 is 0. The van der Waals surface area contributed by atoms with Crippen LogP contribution < -0.4 is 5.32 Å². The average molecular weight is 264 g/mol. The van der Waals surface area contributed by atoms with Gasteiger partial charge in [-0.05, 0) is 49.4 Å². The number of carbonyl (C=O) groups is 1. The summed E-state index contributed by atoms with van der Waals surface area (Å²) in [5, 5.41) is 3.26. The molecule has 0 radical (unpaired) electrons. The number of piperidine rings is 1. The number of nitrogens with one attached hydrogen (secondary N) is 1. The van der Waals surface area contributed by atoms with Gasteiger partial charge in [0.25, 0.3) is 0 Å². The molecule has 0 bridgehead atoms. The Labute approximate surface area is 113 Å². The van der Waals surface area contributed by atoms with Crippen LogP contribution in [-0.2, 0) is 4.79 Å². The van der Waals surface area contributed by atoms with Gasteiger partial charge in [-0.2, -0.15) is 0 Å². The van der Waals surface area contributed by atoms with Crippen molar-refractivity contribution in [1.82, 2.24) is 10.2 Å². The van der Waals surface area contributed by atoms with Crippen LogP contribution in [0.15, 0.2) is 18.2 Å². The molecule has 1 aliphatic heterocycles. The summed E-state index contributed by atoms with van der Waals surface area (Å²) in [4.78, 5) is 13.6. The second-order valence-corrected chi connectivity index (χ2v) is 5.47. The lowest BCUT2D eigenvalue weighted by Crippen LogP contribution is -2.47. The maximum absolute atomic E-state index is 13.3. The molecule has 1 heterocycles. The predicted octanol–water partition coefficient (Wildman–Crippen LogP) is 2.06. The van der Waals surface area contributed by atoms with Crippen LogP contribution in [0.25, 0.3) is 0 Å². The van der Waals surface area contributed by atoms with Crippen molar-refractivity contribution in [3.05, 3.63) is 35.1 Å². The number of aryl methyl sites for hydroxylation is 1. The van der Waals surface area contributed by atoms with E-state index in [9.17, 15) is 9.18 Å². The molecular formula is C15H21FN2O. The van der Waals surface area contributed by atoms with Crippen molar-refractivity contribution in [1.29, 1.82) is 0 Å². The fraction of sp³-hybridized carbons (Fsp3) is 0.533. The van der Waals surface area contributed by atoms with Crippen molar-refractivity contribution >= 4 is 5.91 Å². The second-order valence-electron chi connectivity index (χ2n) is 5.47. The van der Waals surface area contributed by atoms with E-state index in [4.69, 9.17) is 0 Å². The van der Waals surface area contributed by atoms with Gasteiger partial charge >= 0.3 is 0 Å². The van der Waals surface area contributed by atoms with Gasteiger partial charge in [0.15, 0.2) is 0 Å². The summed E-state index contributed by atoms with van der Waals surface area (Å²) in [6.45, 7) is 2.60. The van der Waals surface area contributed by atoms with Gasteiger partial charge in [0.05, 0.1) is 6.04 Å². The number of carbonyl (C=O) groups excluding carboxylic acids is 1. The molecule has 1 aromatic rings. The number of amides is 1. The molecule has 2 rings (SSSR count). The Morgan fingerprint density at radius 1 is 1.42 bits per heavy atom. The lowest BCUT2D eigenvalue weighted by molar-refractivity contribution is -0.131. The molecule has 1 aromatic carbocycles. The highest BCUT2D eigenvalue weighted by molar-refractivity contribution is 5.81. The molecule has 4 heteroatoms. The Hall–Kier alpha value is -1.42. The van der Waals surface area contributed by atoms with E-state index in [0.717, 1.165) is 24.9 Å². The molecule has 0 spiro atoms. The standard InChI is InChI=1S/C15H21FN2O/c1-10-8-11(4-5-13(10)16)12-6-7-17-14(9-12)15(19)18(2)3/h4-5,8,12,14,17H,6-7,9H2,1-3H3. The number of hydrogen-bond acceptors (Lipinski definition) is 2. The third-order valence-electron chi connectivity index (χ3n) is 3.80. The van der Waals surface area contributed by atoms with Crippen molar-refractivity contribution in [2.75, 3.05) is 20.6 Å². The van der Waals surface area contributed by atoms with Gasteiger partial charge in [-0.25, -0.2) is 4.39 Å². The summed E-state index contributed by atoms with van der Waals surface area (Å²) in [5.74, 6) is 0.275. The lowest BCUT2D eigenvalue weighted by atomic mass is 9.85. The smallest absolute Gasteiger partial charge is 0.239 e. The monoisotopic (exact) mass is 264 g/mol. The number of halogens is 1. The summed E-state index contributed by atoms with van der Waals surface area (Å²) < 4.78 is 13.3. The first-order valence-electron chi connectivity index (χ1n) is 6.69. The van der Waals surface area contributed by atoms with Crippen LogP contribution in [0, 0.1) is 12.7 Å². The molecule has 104 valence electrons. The first-order chi connectivity index (χ1) is 8.99. The van der Waals surface area contributed by atoms with Gasteiger partial charge < -0.3 is 10.2 Å². The third-order valence-corrected chi connectivity index (χ3v) is 3.80. The summed E-state index contributed by atoms with van der Waals surface area (Å²) in [5.41, 5.74) is 1.81. The van der Waals surface area contributed by atoms with Crippen LogP contribution in [0.2, 0.25) is 0 Å². The Morgan fingerprint density at radius 2 is 2.16 bits per heavy atom. The first kappa shape index (κ1) is 14.0. The summed E-state index contributed by atoms with van der Waals surface area (Å²) in [6, 6.07) is 5.15. The Bertz CT molecular complexity index is 473. The van der Waals surface area contributed by atoms with Crippen molar-refractivity contribution < 1.29 is 9.18 Å². The fourth-order valence-electron chi connectivity index (χ4n) is 2.64. The van der Waals surface area contributed by atoms with Crippen molar-refractivity contribution in [3.8, 4) is 0 Å². The molecule has 1 N–H and O–H groups in total. The zero-order valence-electron chi connectivity index (χ0n) is 11.7. The molecule has 2 atom stereocenters. The molecule has 1 fully saturated rings. The van der Waals surface area contributed by atoms with Crippen LogP contribution in [-0.4, -0.2) is 37.5 Å². The molecular weight excluding hydrogens is 243 g/mol. The largest absolute Gasteiger partial charge is 0.347 e. The van der Waals surface area contributed by atoms with Gasteiger partial charge in [-0.3, -0.25) is 4.79 Å². The molecule has 0 aromatic heterocycles. The lowest BCUT2D eigenvalue weighted by Gasteiger charge is -2.31. The highest BCUT2D eigenvalue weighted by Crippen LogP contribution is 2.29. The highest BCUT2D eigenvalue weighted by atomic mass is 19.1. The maximum Gasteiger partial charge on any atom is 0.239 e. The number of rotatable bonds is 2. The second kappa shape index (κ2) is 5.70. The molecule has 2 unspecified atom stereocenters. The Balaban J connectivity index is 2.12. The minimum atomic E-state index is -0.168. The van der Waals surface area contributed by atoms with Gasteiger partial charge in [0.1, 0.15) is 5.82 Å². The maximum atomic E-state index is 13.3. The van der Waals surface area contributed by atoms with Gasteiger partial charge in [0.2, 0.25) is 5.91 Å². The summed E-state index contributed by atoms with van der Waals surface area (Å²) in [6.07, 6.45) is 1.77. The molecule has 1 aliphatic rings. The zero-order chi connectivity index (χ0) is 14.0. The molecule has 19 heavy (non-hydrogen) atoms. The first-order valence-corrected chi connectivity index (χ1v) is 6.69. The minimum absolute atomic E-state index is 0.114. The number of benzene rings is 1. The number of hydrogen-bond donors (Lipinski definition) is 1. The molecule has 3 nitrogen and oxygen atoms in total. The topological polar surface area (TPSA) is 32.3 Å². The molecule has 0 saturated carbocycles. The number of nitrogens with zero attached hydrogens (tertiary/aromatic N) is 1. The predicted molar refractivity (Wildman–Crippen MR) is 73.6 cm³/mol. The van der Waals surface area contributed by atoms with Gasteiger partial charge in [0, 0.05) is 14.1 Å². The normalized spacial score (nSPS) is 23.2. The van der Waals surface area contributed by atoms with Crippen LogP contribution in [0.1, 0.15) is 29.9 Å². The Kier molecular flexibility index (Phi) is 4.20. The van der Waals surface area contributed by atoms with Crippen molar-refractivity contribution in [2.24, 2.45) is 0 Å². The zero-order valence-corrected chi connectivity index (χ0v) is 11.7. The van der Waals surface area contributed by atoms with E-state index in [1.807, 2.05) is 12.1 Å². The van der Waals surface area contributed by atoms with E-state index in [1.54, 1.807) is 25.9 Å². The van der Waals surface area contributed by atoms with Gasteiger partial charge in [-0.1, -0.05) is 12.1 Å². The highest BCUT2D eigenvalue weighted by Gasteiger charge is 2.28. The quantitative estimate of drug-likeness (QED) is 0.886. The van der Waals surface area contributed by atoms with Crippen molar-refractivity contribution in [3.63, 3.8) is 0 Å². The van der Waals surface area contributed by atoms with Crippen molar-refractivity contribution in [2.45, 2.75) is 31.7 Å². The molecule has 1 amide bonds. The van der Waals surface area contributed by atoms with Gasteiger partial charge in [-0.15, -0.1) is 0 Å². The third kappa shape index (κ3) is 3.13. The van der Waals surface area contributed by atoms with E-state index in [1.165, 1.54) is 6.07 Å². The van der Waals surface area contributed by atoms with Crippen LogP contribution in [0.4, 0.5) is 4.39 Å². The van der Waals surface area contributed by atoms with E-state index in [0.29, 0.717) is 11.5 Å². The molecule has 1 saturated heterocycles. The van der Waals surface area contributed by atoms with Crippen LogP contribution in [0.3, 0.4) is 0 Å². The minimum Gasteiger partial charge on any atom is -0.347 e. The van der Waals surface area contributed by atoms with E-state index in [2.05, 4.69) is 5.32 Å². The molecule has 0 aliphatic carbocycles.